The van der Waals surface area contributed by atoms with E-state index in [9.17, 15) is 0 Å². The van der Waals surface area contributed by atoms with Gasteiger partial charge in [0.1, 0.15) is 19.0 Å². The third-order valence-electron chi connectivity index (χ3n) is 5.63. The molecule has 0 aliphatic heterocycles. The van der Waals surface area contributed by atoms with Crippen LogP contribution in [-0.2, 0) is 13.2 Å². The highest BCUT2D eigenvalue weighted by Gasteiger charge is 2.12. The van der Waals surface area contributed by atoms with Gasteiger partial charge in [0.2, 0.25) is 0 Å². The molecular formula is C31H30O5. The second kappa shape index (κ2) is 12.4. The van der Waals surface area contributed by atoms with Gasteiger partial charge in [-0.3, -0.25) is 0 Å². The second-order valence-electron chi connectivity index (χ2n) is 8.04. The molecule has 5 nitrogen and oxygen atoms in total. The minimum absolute atomic E-state index is 0.443. The van der Waals surface area contributed by atoms with Crippen LogP contribution in [0.1, 0.15) is 22.3 Å². The van der Waals surface area contributed by atoms with Crippen molar-refractivity contribution >= 4 is 12.2 Å². The number of benzene rings is 4. The standard InChI is InChI=1S/C31H30O5/c1-32-29-18-23(15-17-27(29)35-21-24-10-6-4-7-11-24)14-16-26-19-30(33-2)31(34-3)20-28(26)36-22-25-12-8-5-9-13-25/h4-20H,21-22H2,1-3H3/b16-14+. The number of methoxy groups -OCH3 is 3. The molecule has 0 heterocycles. The van der Waals surface area contributed by atoms with E-state index >= 15 is 0 Å². The molecule has 5 heteroatoms. The molecule has 0 saturated heterocycles. The molecule has 0 amide bonds. The molecule has 0 N–H and O–H groups in total. The van der Waals surface area contributed by atoms with E-state index < -0.39 is 0 Å². The largest absolute Gasteiger partial charge is 0.493 e. The predicted octanol–water partition coefficient (Wildman–Crippen LogP) is 7.04. The van der Waals surface area contributed by atoms with Crippen LogP contribution in [0.4, 0.5) is 0 Å². The van der Waals surface area contributed by atoms with Crippen LogP contribution in [-0.4, -0.2) is 21.3 Å². The zero-order valence-electron chi connectivity index (χ0n) is 20.8. The molecule has 0 aliphatic rings. The van der Waals surface area contributed by atoms with E-state index in [1.54, 1.807) is 21.3 Å². The molecular weight excluding hydrogens is 452 g/mol. The lowest BCUT2D eigenvalue weighted by Crippen LogP contribution is -1.99. The lowest BCUT2D eigenvalue weighted by atomic mass is 10.1. The Morgan fingerprint density at radius 1 is 0.500 bits per heavy atom. The number of hydrogen-bond donors (Lipinski definition) is 0. The smallest absolute Gasteiger partial charge is 0.164 e. The van der Waals surface area contributed by atoms with E-state index in [4.69, 9.17) is 23.7 Å². The van der Waals surface area contributed by atoms with E-state index in [1.165, 1.54) is 0 Å². The Balaban J connectivity index is 1.55. The Bertz CT molecular complexity index is 1280. The van der Waals surface area contributed by atoms with E-state index in [-0.39, 0.29) is 0 Å². The van der Waals surface area contributed by atoms with Crippen LogP contribution in [0.5, 0.6) is 28.7 Å². The Morgan fingerprint density at radius 2 is 1.03 bits per heavy atom. The molecule has 0 spiro atoms. The van der Waals surface area contributed by atoms with Crippen LogP contribution >= 0.6 is 0 Å². The van der Waals surface area contributed by atoms with E-state index in [2.05, 4.69) is 0 Å². The first-order chi connectivity index (χ1) is 17.7. The van der Waals surface area contributed by atoms with Gasteiger partial charge in [-0.05, 0) is 34.9 Å². The zero-order valence-corrected chi connectivity index (χ0v) is 20.8. The minimum atomic E-state index is 0.443. The quantitative estimate of drug-likeness (QED) is 0.215. The van der Waals surface area contributed by atoms with Crippen LogP contribution in [0, 0.1) is 0 Å². The molecule has 4 aromatic carbocycles. The fourth-order valence-corrected chi connectivity index (χ4v) is 3.70. The van der Waals surface area contributed by atoms with Crippen molar-refractivity contribution < 1.29 is 23.7 Å². The van der Waals surface area contributed by atoms with Crippen LogP contribution in [0.2, 0.25) is 0 Å². The maximum atomic E-state index is 6.16. The Kier molecular flexibility index (Phi) is 8.49. The SMILES string of the molecule is COc1cc(/C=C/c2ccc(OCc3ccccc3)c(OC)c2)c(OCc2ccccc2)cc1OC. The van der Waals surface area contributed by atoms with Crippen LogP contribution < -0.4 is 23.7 Å². The van der Waals surface area contributed by atoms with Gasteiger partial charge in [-0.15, -0.1) is 0 Å². The Morgan fingerprint density at radius 3 is 1.61 bits per heavy atom. The molecule has 0 bridgehead atoms. The summed E-state index contributed by atoms with van der Waals surface area (Å²) in [5.41, 5.74) is 4.01. The minimum Gasteiger partial charge on any atom is -0.493 e. The molecule has 0 atom stereocenters. The van der Waals surface area contributed by atoms with Crippen molar-refractivity contribution in [3.8, 4) is 28.7 Å². The summed E-state index contributed by atoms with van der Waals surface area (Å²) in [7, 11) is 4.87. The maximum Gasteiger partial charge on any atom is 0.164 e. The summed E-state index contributed by atoms with van der Waals surface area (Å²) in [6.07, 6.45) is 3.99. The maximum absolute atomic E-state index is 6.16. The van der Waals surface area contributed by atoms with Crippen molar-refractivity contribution in [2.75, 3.05) is 21.3 Å². The first-order valence-electron chi connectivity index (χ1n) is 11.7. The number of rotatable bonds is 11. The first kappa shape index (κ1) is 24.7. The van der Waals surface area contributed by atoms with E-state index in [0.717, 1.165) is 22.3 Å². The summed E-state index contributed by atoms with van der Waals surface area (Å²) in [5.74, 6) is 3.30. The van der Waals surface area contributed by atoms with Gasteiger partial charge in [0.25, 0.3) is 0 Å². The highest BCUT2D eigenvalue weighted by molar-refractivity contribution is 5.75. The van der Waals surface area contributed by atoms with Crippen molar-refractivity contribution in [1.82, 2.24) is 0 Å². The average molecular weight is 483 g/mol. The highest BCUT2D eigenvalue weighted by Crippen LogP contribution is 2.36. The van der Waals surface area contributed by atoms with Gasteiger partial charge in [0.15, 0.2) is 23.0 Å². The summed E-state index contributed by atoms with van der Waals surface area (Å²) < 4.78 is 28.7. The van der Waals surface area contributed by atoms with Crippen molar-refractivity contribution in [2.45, 2.75) is 13.2 Å². The number of hydrogen-bond acceptors (Lipinski definition) is 5. The van der Waals surface area contributed by atoms with E-state index in [1.807, 2.05) is 103 Å². The first-order valence-corrected chi connectivity index (χ1v) is 11.7. The van der Waals surface area contributed by atoms with Gasteiger partial charge >= 0.3 is 0 Å². The fraction of sp³-hybridized carbons (Fsp3) is 0.161. The van der Waals surface area contributed by atoms with Crippen LogP contribution in [0.15, 0.2) is 91.0 Å². The van der Waals surface area contributed by atoms with Crippen molar-refractivity contribution in [3.05, 3.63) is 113 Å². The van der Waals surface area contributed by atoms with Gasteiger partial charge in [0.05, 0.1) is 21.3 Å². The zero-order chi connectivity index (χ0) is 25.2. The monoisotopic (exact) mass is 482 g/mol. The second-order valence-corrected chi connectivity index (χ2v) is 8.04. The van der Waals surface area contributed by atoms with Gasteiger partial charge < -0.3 is 23.7 Å². The molecule has 36 heavy (non-hydrogen) atoms. The molecule has 0 unspecified atom stereocenters. The summed E-state index contributed by atoms with van der Waals surface area (Å²) in [4.78, 5) is 0. The molecule has 184 valence electrons. The molecule has 4 aromatic rings. The lowest BCUT2D eigenvalue weighted by Gasteiger charge is -2.14. The fourth-order valence-electron chi connectivity index (χ4n) is 3.70. The van der Waals surface area contributed by atoms with Crippen LogP contribution in [0.3, 0.4) is 0 Å². The van der Waals surface area contributed by atoms with Gasteiger partial charge in [0, 0.05) is 11.6 Å². The summed E-state index contributed by atoms with van der Waals surface area (Å²) in [6, 6.07) is 29.7. The Labute approximate surface area is 212 Å². The summed E-state index contributed by atoms with van der Waals surface area (Å²) in [6.45, 7) is 0.915. The molecule has 4 rings (SSSR count). The van der Waals surface area contributed by atoms with Gasteiger partial charge in [-0.25, -0.2) is 0 Å². The summed E-state index contributed by atoms with van der Waals surface area (Å²) in [5, 5.41) is 0. The van der Waals surface area contributed by atoms with Gasteiger partial charge in [-0.1, -0.05) is 78.9 Å². The topological polar surface area (TPSA) is 46.2 Å². The van der Waals surface area contributed by atoms with Crippen molar-refractivity contribution in [2.24, 2.45) is 0 Å². The average Bonchev–Trinajstić information content (AvgIpc) is 2.94. The van der Waals surface area contributed by atoms with E-state index in [0.29, 0.717) is 42.0 Å². The number of ether oxygens (including phenoxy) is 5. The third-order valence-corrected chi connectivity index (χ3v) is 5.63. The molecule has 0 aromatic heterocycles. The molecule has 0 aliphatic carbocycles. The third kappa shape index (κ3) is 6.39. The Hall–Kier alpha value is -4.38. The summed E-state index contributed by atoms with van der Waals surface area (Å²) >= 11 is 0. The predicted molar refractivity (Wildman–Crippen MR) is 143 cm³/mol. The van der Waals surface area contributed by atoms with Crippen molar-refractivity contribution in [1.29, 1.82) is 0 Å². The molecule has 0 fully saturated rings. The normalized spacial score (nSPS) is 10.8. The molecule has 0 saturated carbocycles. The molecule has 0 radical (unpaired) electrons. The van der Waals surface area contributed by atoms with Gasteiger partial charge in [-0.2, -0.15) is 0 Å². The van der Waals surface area contributed by atoms with Crippen molar-refractivity contribution in [3.63, 3.8) is 0 Å². The van der Waals surface area contributed by atoms with Crippen LogP contribution in [0.25, 0.3) is 12.2 Å². The highest BCUT2D eigenvalue weighted by atomic mass is 16.5. The lowest BCUT2D eigenvalue weighted by molar-refractivity contribution is 0.284.